The van der Waals surface area contributed by atoms with Crippen LogP contribution in [0.1, 0.15) is 13.3 Å². The largest absolute Gasteiger partial charge is 0.493 e. The van der Waals surface area contributed by atoms with Crippen LogP contribution in [0, 0.1) is 0 Å². The molecule has 0 aliphatic heterocycles. The van der Waals surface area contributed by atoms with E-state index in [0.717, 1.165) is 23.3 Å². The second kappa shape index (κ2) is 5.16. The van der Waals surface area contributed by atoms with Gasteiger partial charge in [-0.2, -0.15) is 4.98 Å². The third-order valence-electron chi connectivity index (χ3n) is 2.91. The monoisotopic (exact) mass is 269 g/mol. The summed E-state index contributed by atoms with van der Waals surface area (Å²) in [4.78, 5) is 15.6. The van der Waals surface area contributed by atoms with Gasteiger partial charge < -0.3 is 15.5 Å². The quantitative estimate of drug-likeness (QED) is 0.759. The Morgan fingerprint density at radius 3 is 2.95 bits per heavy atom. The Bertz CT molecular complexity index is 737. The molecule has 0 radical (unpaired) electrons. The average Bonchev–Trinajstić information content (AvgIpc) is 2.92. The number of ether oxygens (including phenoxy) is 1. The van der Waals surface area contributed by atoms with Crippen LogP contribution < -0.4 is 10.5 Å². The SMILES string of the molecule is CCCOc1ccccc1-c1nc(N)nc2nc[nH]c12. The van der Waals surface area contributed by atoms with Crippen molar-refractivity contribution in [3.8, 4) is 17.0 Å². The molecule has 0 saturated heterocycles. The number of nitrogens with two attached hydrogens (primary N) is 1. The third kappa shape index (κ3) is 2.16. The molecule has 1 aromatic carbocycles. The van der Waals surface area contributed by atoms with E-state index in [-0.39, 0.29) is 5.95 Å². The molecule has 0 fully saturated rings. The minimum absolute atomic E-state index is 0.199. The molecule has 0 unspecified atom stereocenters. The van der Waals surface area contributed by atoms with Gasteiger partial charge in [0.15, 0.2) is 5.65 Å². The van der Waals surface area contributed by atoms with Crippen LogP contribution in [0.5, 0.6) is 5.75 Å². The molecule has 102 valence electrons. The summed E-state index contributed by atoms with van der Waals surface area (Å²) in [5.74, 6) is 0.980. The van der Waals surface area contributed by atoms with Crippen LogP contribution in [0.25, 0.3) is 22.4 Å². The van der Waals surface area contributed by atoms with Gasteiger partial charge in [-0.3, -0.25) is 0 Å². The first-order valence-electron chi connectivity index (χ1n) is 6.48. The molecule has 2 heterocycles. The fraction of sp³-hybridized carbons (Fsp3) is 0.214. The maximum Gasteiger partial charge on any atom is 0.222 e. The van der Waals surface area contributed by atoms with Gasteiger partial charge in [-0.15, -0.1) is 0 Å². The number of nitrogens with zero attached hydrogens (tertiary/aromatic N) is 3. The molecule has 0 saturated carbocycles. The number of nitrogen functional groups attached to an aromatic ring is 1. The van der Waals surface area contributed by atoms with E-state index in [0.29, 0.717) is 17.9 Å². The highest BCUT2D eigenvalue weighted by atomic mass is 16.5. The van der Waals surface area contributed by atoms with Crippen LogP contribution in [0.2, 0.25) is 0 Å². The first-order chi connectivity index (χ1) is 9.79. The molecule has 0 spiro atoms. The zero-order chi connectivity index (χ0) is 13.9. The molecular formula is C14H15N5O. The van der Waals surface area contributed by atoms with Gasteiger partial charge in [0.1, 0.15) is 17.0 Å². The number of aromatic amines is 1. The van der Waals surface area contributed by atoms with Crippen LogP contribution in [0.15, 0.2) is 30.6 Å². The standard InChI is InChI=1S/C14H15N5O/c1-2-7-20-10-6-4-3-5-9(10)11-12-13(17-8-16-12)19-14(15)18-11/h3-6,8H,2,7H2,1H3,(H3,15,16,17,18,19). The van der Waals surface area contributed by atoms with Gasteiger partial charge in [0.2, 0.25) is 5.95 Å². The summed E-state index contributed by atoms with van der Waals surface area (Å²) in [5, 5.41) is 0. The Hall–Kier alpha value is -2.63. The van der Waals surface area contributed by atoms with Gasteiger partial charge in [0, 0.05) is 5.56 Å². The summed E-state index contributed by atoms with van der Waals surface area (Å²) in [6.07, 6.45) is 2.53. The molecular weight excluding hydrogens is 254 g/mol. The van der Waals surface area contributed by atoms with Crippen molar-refractivity contribution in [2.75, 3.05) is 12.3 Å². The van der Waals surface area contributed by atoms with Crippen molar-refractivity contribution in [1.82, 2.24) is 19.9 Å². The second-order valence-corrected chi connectivity index (χ2v) is 4.38. The Morgan fingerprint density at radius 2 is 2.10 bits per heavy atom. The van der Waals surface area contributed by atoms with E-state index in [9.17, 15) is 0 Å². The van der Waals surface area contributed by atoms with Gasteiger partial charge in [0.05, 0.1) is 12.9 Å². The number of hydrogen-bond donors (Lipinski definition) is 2. The number of imidazole rings is 1. The fourth-order valence-corrected chi connectivity index (χ4v) is 2.05. The van der Waals surface area contributed by atoms with E-state index in [2.05, 4.69) is 26.9 Å². The number of fused-ring (bicyclic) bond motifs is 1. The summed E-state index contributed by atoms with van der Waals surface area (Å²) >= 11 is 0. The summed E-state index contributed by atoms with van der Waals surface area (Å²) in [6.45, 7) is 2.72. The smallest absolute Gasteiger partial charge is 0.222 e. The number of anilines is 1. The molecule has 0 bridgehead atoms. The molecule has 3 rings (SSSR count). The first kappa shape index (κ1) is 12.4. The van der Waals surface area contributed by atoms with Gasteiger partial charge in [-0.25, -0.2) is 9.97 Å². The normalized spacial score (nSPS) is 10.8. The van der Waals surface area contributed by atoms with Crippen molar-refractivity contribution in [3.05, 3.63) is 30.6 Å². The van der Waals surface area contributed by atoms with Crippen molar-refractivity contribution in [2.45, 2.75) is 13.3 Å². The van der Waals surface area contributed by atoms with Crippen LogP contribution >= 0.6 is 0 Å². The second-order valence-electron chi connectivity index (χ2n) is 4.38. The number of aromatic nitrogens is 4. The van der Waals surface area contributed by atoms with Crippen LogP contribution in [-0.2, 0) is 0 Å². The summed E-state index contributed by atoms with van der Waals surface area (Å²) in [5.41, 5.74) is 8.65. The van der Waals surface area contributed by atoms with Crippen molar-refractivity contribution < 1.29 is 4.74 Å². The van der Waals surface area contributed by atoms with Gasteiger partial charge in [-0.1, -0.05) is 19.1 Å². The zero-order valence-electron chi connectivity index (χ0n) is 11.1. The molecule has 3 N–H and O–H groups in total. The van der Waals surface area contributed by atoms with E-state index in [1.807, 2.05) is 24.3 Å². The van der Waals surface area contributed by atoms with Crippen molar-refractivity contribution >= 4 is 17.1 Å². The highest BCUT2D eigenvalue weighted by Gasteiger charge is 2.14. The van der Waals surface area contributed by atoms with E-state index in [1.54, 1.807) is 6.33 Å². The van der Waals surface area contributed by atoms with Gasteiger partial charge >= 0.3 is 0 Å². The predicted octanol–water partition coefficient (Wildman–Crippen LogP) is 2.39. The third-order valence-corrected chi connectivity index (χ3v) is 2.91. The predicted molar refractivity (Wildman–Crippen MR) is 77.3 cm³/mol. The number of hydrogen-bond acceptors (Lipinski definition) is 5. The van der Waals surface area contributed by atoms with Gasteiger partial charge in [-0.05, 0) is 18.6 Å². The molecule has 0 amide bonds. The number of nitrogens with one attached hydrogen (secondary N) is 1. The molecule has 6 nitrogen and oxygen atoms in total. The van der Waals surface area contributed by atoms with Crippen LogP contribution in [0.4, 0.5) is 5.95 Å². The van der Waals surface area contributed by atoms with Crippen LogP contribution in [0.3, 0.4) is 0 Å². The van der Waals surface area contributed by atoms with Crippen molar-refractivity contribution in [2.24, 2.45) is 0 Å². The number of benzene rings is 1. The molecule has 6 heteroatoms. The number of H-pyrrole nitrogens is 1. The lowest BCUT2D eigenvalue weighted by Gasteiger charge is -2.11. The van der Waals surface area contributed by atoms with E-state index < -0.39 is 0 Å². The molecule has 20 heavy (non-hydrogen) atoms. The topological polar surface area (TPSA) is 89.7 Å². The lowest BCUT2D eigenvalue weighted by molar-refractivity contribution is 0.318. The first-order valence-corrected chi connectivity index (χ1v) is 6.48. The molecule has 0 aliphatic rings. The van der Waals surface area contributed by atoms with Crippen molar-refractivity contribution in [3.63, 3.8) is 0 Å². The minimum Gasteiger partial charge on any atom is -0.493 e. The highest BCUT2D eigenvalue weighted by molar-refractivity contribution is 5.89. The Labute approximate surface area is 116 Å². The van der Waals surface area contributed by atoms with Crippen LogP contribution in [-0.4, -0.2) is 26.5 Å². The van der Waals surface area contributed by atoms with E-state index >= 15 is 0 Å². The Kier molecular flexibility index (Phi) is 3.20. The number of para-hydroxylation sites is 1. The lowest BCUT2D eigenvalue weighted by Crippen LogP contribution is -2.01. The summed E-state index contributed by atoms with van der Waals surface area (Å²) in [7, 11) is 0. The maximum atomic E-state index is 5.77. The minimum atomic E-state index is 0.199. The van der Waals surface area contributed by atoms with Gasteiger partial charge in [0.25, 0.3) is 0 Å². The molecule has 2 aromatic heterocycles. The molecule has 0 atom stereocenters. The molecule has 0 aliphatic carbocycles. The fourth-order valence-electron chi connectivity index (χ4n) is 2.05. The summed E-state index contributed by atoms with van der Waals surface area (Å²) in [6, 6.07) is 7.75. The average molecular weight is 269 g/mol. The highest BCUT2D eigenvalue weighted by Crippen LogP contribution is 2.32. The molecule has 3 aromatic rings. The zero-order valence-corrected chi connectivity index (χ0v) is 11.1. The maximum absolute atomic E-state index is 5.77. The Balaban J connectivity index is 2.17. The lowest BCUT2D eigenvalue weighted by atomic mass is 10.1. The summed E-state index contributed by atoms with van der Waals surface area (Å²) < 4.78 is 5.77. The van der Waals surface area contributed by atoms with E-state index in [1.165, 1.54) is 0 Å². The van der Waals surface area contributed by atoms with E-state index in [4.69, 9.17) is 10.5 Å². The Morgan fingerprint density at radius 1 is 1.25 bits per heavy atom. The number of rotatable bonds is 4. The van der Waals surface area contributed by atoms with Crippen molar-refractivity contribution in [1.29, 1.82) is 0 Å².